The van der Waals surface area contributed by atoms with Crippen LogP contribution in [0.3, 0.4) is 0 Å². The molecule has 0 atom stereocenters. The van der Waals surface area contributed by atoms with E-state index in [1.54, 1.807) is 6.20 Å². The normalized spacial score (nSPS) is 18.5. The predicted molar refractivity (Wildman–Crippen MR) is 101 cm³/mol. The molecule has 138 valence electrons. The number of nitrogens with one attached hydrogen (secondary N) is 2. The molecule has 1 aromatic heterocycles. The molecule has 0 bridgehead atoms. The first-order valence-electron chi connectivity index (χ1n) is 8.52. The number of likely N-dealkylation sites (tertiary alicyclic amines) is 1. The zero-order chi connectivity index (χ0) is 15.4. The first-order chi connectivity index (χ1) is 10.8. The van der Waals surface area contributed by atoms with E-state index in [2.05, 4.69) is 27.6 Å². The third-order valence-electron chi connectivity index (χ3n) is 4.70. The fourth-order valence-corrected chi connectivity index (χ4v) is 3.08. The molecule has 1 aliphatic carbocycles. The fourth-order valence-electron chi connectivity index (χ4n) is 3.08. The minimum atomic E-state index is 0. The Balaban J connectivity index is 0.00000144. The van der Waals surface area contributed by atoms with Crippen LogP contribution in [0.2, 0.25) is 0 Å². The van der Waals surface area contributed by atoms with Crippen molar-refractivity contribution in [2.45, 2.75) is 38.6 Å². The largest absolute Gasteiger partial charge is 0.310 e. The Morgan fingerprint density at radius 2 is 1.96 bits per heavy atom. The Hall–Kier alpha value is -0.820. The molecule has 3 rings (SSSR count). The highest BCUT2D eigenvalue weighted by Crippen LogP contribution is 2.27. The number of halogens is 2. The van der Waals surface area contributed by atoms with Crippen LogP contribution in [0.25, 0.3) is 0 Å². The molecule has 1 saturated carbocycles. The van der Waals surface area contributed by atoms with E-state index in [9.17, 15) is 4.79 Å². The molecule has 0 aromatic carbocycles. The summed E-state index contributed by atoms with van der Waals surface area (Å²) in [6.07, 6.45) is 6.58. The Labute approximate surface area is 156 Å². The molecule has 1 aromatic rings. The molecule has 1 saturated heterocycles. The van der Waals surface area contributed by atoms with Crippen LogP contribution < -0.4 is 10.6 Å². The Morgan fingerprint density at radius 1 is 1.25 bits per heavy atom. The molecule has 2 fully saturated rings. The first-order valence-corrected chi connectivity index (χ1v) is 8.52. The second-order valence-electron chi connectivity index (χ2n) is 6.45. The number of hydrogen-bond donors (Lipinski definition) is 2. The van der Waals surface area contributed by atoms with Gasteiger partial charge in [-0.05, 0) is 44.7 Å². The molecule has 2 aliphatic rings. The van der Waals surface area contributed by atoms with Crippen LogP contribution in [-0.2, 0) is 4.79 Å². The molecule has 2 heterocycles. The minimum absolute atomic E-state index is 0. The highest BCUT2D eigenvalue weighted by Gasteiger charge is 2.23. The predicted octanol–water partition coefficient (Wildman–Crippen LogP) is 2.32. The summed E-state index contributed by atoms with van der Waals surface area (Å²) in [6, 6.07) is 2.29. The van der Waals surface area contributed by atoms with Crippen LogP contribution in [0.4, 0.5) is 5.82 Å². The number of rotatable bonds is 7. The van der Waals surface area contributed by atoms with Gasteiger partial charge in [0.25, 0.3) is 0 Å². The zero-order valence-electron chi connectivity index (χ0n) is 14.2. The van der Waals surface area contributed by atoms with Crippen molar-refractivity contribution in [3.8, 4) is 0 Å². The average Bonchev–Trinajstić information content (AvgIpc) is 3.25. The lowest BCUT2D eigenvalue weighted by atomic mass is 10.1. The maximum absolute atomic E-state index is 12.0. The highest BCUT2D eigenvalue weighted by atomic mass is 35.5. The molecular formula is C16H29Cl2N5O. The van der Waals surface area contributed by atoms with E-state index in [0.717, 1.165) is 50.8 Å². The fraction of sp³-hybridized carbons (Fsp3) is 0.750. The van der Waals surface area contributed by atoms with Gasteiger partial charge in [-0.25, -0.2) is 4.68 Å². The van der Waals surface area contributed by atoms with Gasteiger partial charge in [0.05, 0.1) is 18.8 Å². The first kappa shape index (κ1) is 21.2. The number of nitrogens with zero attached hydrogens (tertiary/aromatic N) is 3. The summed E-state index contributed by atoms with van der Waals surface area (Å²) in [5, 5.41) is 10.6. The number of hydrogen-bond acceptors (Lipinski definition) is 4. The van der Waals surface area contributed by atoms with Gasteiger partial charge in [0, 0.05) is 19.2 Å². The van der Waals surface area contributed by atoms with Gasteiger partial charge in [-0.1, -0.05) is 6.92 Å². The van der Waals surface area contributed by atoms with Crippen LogP contribution in [0.15, 0.2) is 12.3 Å². The summed E-state index contributed by atoms with van der Waals surface area (Å²) in [5.41, 5.74) is 0. The maximum Gasteiger partial charge on any atom is 0.239 e. The van der Waals surface area contributed by atoms with Crippen LogP contribution in [0.1, 0.15) is 38.6 Å². The summed E-state index contributed by atoms with van der Waals surface area (Å²) in [5.74, 6) is 1.64. The van der Waals surface area contributed by atoms with Gasteiger partial charge in [0.15, 0.2) is 0 Å². The third kappa shape index (κ3) is 5.92. The summed E-state index contributed by atoms with van der Waals surface area (Å²) >= 11 is 0. The van der Waals surface area contributed by atoms with Crippen molar-refractivity contribution in [3.05, 3.63) is 12.3 Å². The summed E-state index contributed by atoms with van der Waals surface area (Å²) in [6.45, 7) is 6.88. The standard InChI is InChI=1S/C16H27N5O.2ClH/c1-2-20-9-6-14(7-10-20)21-15(5-8-18-21)19-16(22)12-17-11-13-3-4-13;;/h5,8,13-14,17H,2-4,6-7,9-12H2,1H3,(H,19,22);2*1H. The van der Waals surface area contributed by atoms with Crippen LogP contribution in [-0.4, -0.2) is 53.3 Å². The van der Waals surface area contributed by atoms with E-state index in [0.29, 0.717) is 12.6 Å². The molecule has 0 spiro atoms. The molecule has 24 heavy (non-hydrogen) atoms. The lowest BCUT2D eigenvalue weighted by molar-refractivity contribution is -0.115. The molecule has 0 unspecified atom stereocenters. The van der Waals surface area contributed by atoms with Crippen molar-refractivity contribution >= 4 is 36.5 Å². The lowest BCUT2D eigenvalue weighted by Gasteiger charge is -2.31. The van der Waals surface area contributed by atoms with Crippen LogP contribution >= 0.6 is 24.8 Å². The second kappa shape index (κ2) is 10.2. The van der Waals surface area contributed by atoms with E-state index >= 15 is 0 Å². The number of carbonyl (C=O) groups excluding carboxylic acids is 1. The van der Waals surface area contributed by atoms with Crippen molar-refractivity contribution in [1.82, 2.24) is 20.0 Å². The van der Waals surface area contributed by atoms with Crippen molar-refractivity contribution in [2.24, 2.45) is 5.92 Å². The summed E-state index contributed by atoms with van der Waals surface area (Å²) in [4.78, 5) is 14.5. The van der Waals surface area contributed by atoms with Crippen molar-refractivity contribution < 1.29 is 4.79 Å². The van der Waals surface area contributed by atoms with Gasteiger partial charge >= 0.3 is 0 Å². The van der Waals surface area contributed by atoms with Gasteiger partial charge in [-0.2, -0.15) is 5.10 Å². The number of carbonyl (C=O) groups is 1. The Bertz CT molecular complexity index is 498. The average molecular weight is 378 g/mol. The van der Waals surface area contributed by atoms with Crippen molar-refractivity contribution in [1.29, 1.82) is 0 Å². The zero-order valence-corrected chi connectivity index (χ0v) is 15.9. The van der Waals surface area contributed by atoms with E-state index in [-0.39, 0.29) is 30.7 Å². The van der Waals surface area contributed by atoms with E-state index < -0.39 is 0 Å². The van der Waals surface area contributed by atoms with E-state index in [1.807, 2.05) is 10.7 Å². The smallest absolute Gasteiger partial charge is 0.239 e. The molecule has 0 radical (unpaired) electrons. The second-order valence-corrected chi connectivity index (χ2v) is 6.45. The minimum Gasteiger partial charge on any atom is -0.310 e. The van der Waals surface area contributed by atoms with Gasteiger partial charge in [0.2, 0.25) is 5.91 Å². The number of amides is 1. The van der Waals surface area contributed by atoms with Crippen molar-refractivity contribution in [3.63, 3.8) is 0 Å². The van der Waals surface area contributed by atoms with E-state index in [1.165, 1.54) is 12.8 Å². The lowest BCUT2D eigenvalue weighted by Crippen LogP contribution is -2.35. The molecule has 1 aliphatic heterocycles. The molecule has 8 heteroatoms. The maximum atomic E-state index is 12.0. The quantitative estimate of drug-likeness (QED) is 0.765. The van der Waals surface area contributed by atoms with Gasteiger partial charge < -0.3 is 15.5 Å². The third-order valence-corrected chi connectivity index (χ3v) is 4.70. The monoisotopic (exact) mass is 377 g/mol. The molecule has 1 amide bonds. The topological polar surface area (TPSA) is 62.2 Å². The Morgan fingerprint density at radius 3 is 2.58 bits per heavy atom. The SMILES string of the molecule is CCN1CCC(n2nccc2NC(=O)CNCC2CC2)CC1.Cl.Cl. The molecule has 2 N–H and O–H groups in total. The van der Waals surface area contributed by atoms with Crippen LogP contribution in [0.5, 0.6) is 0 Å². The van der Waals surface area contributed by atoms with Gasteiger partial charge in [0.1, 0.15) is 5.82 Å². The van der Waals surface area contributed by atoms with E-state index in [4.69, 9.17) is 0 Å². The summed E-state index contributed by atoms with van der Waals surface area (Å²) < 4.78 is 1.99. The Kier molecular flexibility index (Phi) is 9.05. The van der Waals surface area contributed by atoms with Crippen LogP contribution in [0, 0.1) is 5.92 Å². The number of anilines is 1. The highest BCUT2D eigenvalue weighted by molar-refractivity contribution is 5.91. The van der Waals surface area contributed by atoms with Crippen molar-refractivity contribution in [2.75, 3.05) is 38.0 Å². The molecular weight excluding hydrogens is 349 g/mol. The molecule has 6 nitrogen and oxygen atoms in total. The van der Waals surface area contributed by atoms with Gasteiger partial charge in [-0.15, -0.1) is 24.8 Å². The van der Waals surface area contributed by atoms with Gasteiger partial charge in [-0.3, -0.25) is 4.79 Å². The summed E-state index contributed by atoms with van der Waals surface area (Å²) in [7, 11) is 0. The number of aromatic nitrogens is 2. The number of piperidine rings is 1.